The van der Waals surface area contributed by atoms with Crippen molar-refractivity contribution in [3.8, 4) is 0 Å². The number of rotatable bonds is 3. The van der Waals surface area contributed by atoms with E-state index in [2.05, 4.69) is 108 Å². The minimum atomic E-state index is -0.274. The summed E-state index contributed by atoms with van der Waals surface area (Å²) in [5.41, 5.74) is 4.25. The topological polar surface area (TPSA) is 0 Å². The van der Waals surface area contributed by atoms with Gasteiger partial charge in [-0.15, -0.1) is 31.7 Å². The third-order valence-electron chi connectivity index (χ3n) is 4.56. The van der Waals surface area contributed by atoms with Gasteiger partial charge in [0.15, 0.2) is 0 Å². The van der Waals surface area contributed by atoms with Gasteiger partial charge in [0, 0.05) is 0 Å². The summed E-state index contributed by atoms with van der Waals surface area (Å²) < 4.78 is 0. The molecule has 0 heterocycles. The summed E-state index contributed by atoms with van der Waals surface area (Å²) in [5.74, 6) is 0.560. The molecular weight excluding hydrogens is 426 g/mol. The Bertz CT molecular complexity index is 672. The fraction of sp³-hybridized carbons (Fsp3) is 0.261. The molecule has 0 aromatic heterocycles. The minimum absolute atomic E-state index is 0. The molecular formula is C23H29Cl2PTi. The molecule has 4 heteroatoms. The van der Waals surface area contributed by atoms with Crippen molar-refractivity contribution in [3.05, 3.63) is 89.6 Å². The predicted octanol–water partition coefficient (Wildman–Crippen LogP) is 6.86. The molecule has 0 fully saturated rings. The van der Waals surface area contributed by atoms with Gasteiger partial charge < -0.3 is 0 Å². The fourth-order valence-electron chi connectivity index (χ4n) is 2.79. The number of benzene rings is 2. The van der Waals surface area contributed by atoms with E-state index in [1.807, 2.05) is 0 Å². The first-order chi connectivity index (χ1) is 11.5. The van der Waals surface area contributed by atoms with Crippen LogP contribution in [-0.2, 0) is 21.7 Å². The Balaban J connectivity index is 0. The number of halogens is 2. The SMILES string of the molecule is CC1=[C-]C(C)C(C)=C1C.C[CH-]P(c1ccccc1)c1ccccc1.Cl.Cl.[Ti+2]. The molecule has 27 heavy (non-hydrogen) atoms. The van der Waals surface area contributed by atoms with Gasteiger partial charge >= 0.3 is 21.7 Å². The molecule has 0 aliphatic heterocycles. The third-order valence-corrected chi connectivity index (χ3v) is 6.79. The van der Waals surface area contributed by atoms with Crippen LogP contribution in [0.15, 0.2) is 77.4 Å². The first kappa shape index (κ1) is 28.9. The first-order valence-electron chi connectivity index (χ1n) is 8.51. The summed E-state index contributed by atoms with van der Waals surface area (Å²) in [7, 11) is -0.274. The Labute approximate surface area is 194 Å². The Morgan fingerprint density at radius 3 is 1.44 bits per heavy atom. The van der Waals surface area contributed by atoms with Crippen molar-refractivity contribution in [2.45, 2.75) is 34.6 Å². The van der Waals surface area contributed by atoms with Gasteiger partial charge in [-0.2, -0.15) is 18.1 Å². The second-order valence-electron chi connectivity index (χ2n) is 6.10. The normalized spacial score (nSPS) is 14.9. The Hall–Kier alpha value is -0.356. The predicted molar refractivity (Wildman–Crippen MR) is 124 cm³/mol. The van der Waals surface area contributed by atoms with Crippen LogP contribution in [0.3, 0.4) is 0 Å². The number of allylic oxidation sites excluding steroid dienone is 4. The van der Waals surface area contributed by atoms with Crippen molar-refractivity contribution in [1.29, 1.82) is 0 Å². The smallest absolute Gasteiger partial charge is 0.297 e. The van der Waals surface area contributed by atoms with Crippen molar-refractivity contribution >= 4 is 43.3 Å². The molecule has 1 aliphatic carbocycles. The second-order valence-corrected chi connectivity index (χ2v) is 8.39. The molecule has 0 nitrogen and oxygen atoms in total. The monoisotopic (exact) mass is 454 g/mol. The molecule has 0 radical (unpaired) electrons. The molecule has 1 aliphatic rings. The van der Waals surface area contributed by atoms with Crippen LogP contribution in [0.25, 0.3) is 0 Å². The number of hydrogen-bond acceptors (Lipinski definition) is 0. The van der Waals surface area contributed by atoms with E-state index in [9.17, 15) is 0 Å². The van der Waals surface area contributed by atoms with Crippen molar-refractivity contribution in [2.75, 3.05) is 0 Å². The van der Waals surface area contributed by atoms with E-state index in [4.69, 9.17) is 0 Å². The molecule has 1 atom stereocenters. The summed E-state index contributed by atoms with van der Waals surface area (Å²) >= 11 is 0. The fourth-order valence-corrected chi connectivity index (χ4v) is 4.67. The van der Waals surface area contributed by atoms with Gasteiger partial charge in [-0.3, -0.25) is 12.2 Å². The maximum Gasteiger partial charge on any atom is 2.00 e. The molecule has 3 rings (SSSR count). The average molecular weight is 455 g/mol. The van der Waals surface area contributed by atoms with Crippen molar-refractivity contribution in [3.63, 3.8) is 0 Å². The minimum Gasteiger partial charge on any atom is -0.297 e. The van der Waals surface area contributed by atoms with Crippen LogP contribution in [0.4, 0.5) is 0 Å². The number of hydrogen-bond donors (Lipinski definition) is 0. The molecule has 0 saturated heterocycles. The van der Waals surface area contributed by atoms with Crippen LogP contribution in [0.2, 0.25) is 0 Å². The van der Waals surface area contributed by atoms with Gasteiger partial charge in [0.2, 0.25) is 0 Å². The standard InChI is InChI=1S/C14H14P.C9H13.2ClH.Ti/c1-2-15(13-9-5-3-6-10-13)14-11-7-4-8-12-14;1-6-5-7(2)9(4)8(6)3;;;/h2-12H,1H3;6H,1-4H3;2*1H;/q2*-1;;;+2. The summed E-state index contributed by atoms with van der Waals surface area (Å²) in [6, 6.07) is 21.4. The zero-order chi connectivity index (χ0) is 17.5. The van der Waals surface area contributed by atoms with Crippen LogP contribution < -0.4 is 10.6 Å². The molecule has 0 saturated carbocycles. The molecule has 2 aromatic rings. The van der Waals surface area contributed by atoms with E-state index in [0.29, 0.717) is 5.92 Å². The van der Waals surface area contributed by atoms with Gasteiger partial charge in [-0.1, -0.05) is 98.0 Å². The van der Waals surface area contributed by atoms with Crippen molar-refractivity contribution in [1.82, 2.24) is 0 Å². The van der Waals surface area contributed by atoms with E-state index in [1.165, 1.54) is 27.3 Å². The van der Waals surface area contributed by atoms with E-state index in [-0.39, 0.29) is 54.5 Å². The van der Waals surface area contributed by atoms with E-state index < -0.39 is 0 Å². The van der Waals surface area contributed by atoms with E-state index in [1.54, 1.807) is 0 Å². The zero-order valence-corrected chi connectivity index (χ0v) is 20.8. The Morgan fingerprint density at radius 1 is 0.815 bits per heavy atom. The molecule has 0 N–H and O–H groups in total. The molecule has 0 spiro atoms. The first-order valence-corrected chi connectivity index (χ1v) is 9.92. The third kappa shape index (κ3) is 8.27. The summed E-state index contributed by atoms with van der Waals surface area (Å²) in [6.45, 7) is 10.8. The maximum absolute atomic E-state index is 3.36. The second kappa shape index (κ2) is 14.6. The van der Waals surface area contributed by atoms with E-state index in [0.717, 1.165) is 0 Å². The Kier molecular flexibility index (Phi) is 15.6. The maximum atomic E-state index is 3.36. The van der Waals surface area contributed by atoms with Crippen LogP contribution in [0, 0.1) is 18.2 Å². The van der Waals surface area contributed by atoms with Crippen LogP contribution in [0.1, 0.15) is 34.6 Å². The van der Waals surface area contributed by atoms with Gasteiger partial charge in [-0.05, 0) is 0 Å². The van der Waals surface area contributed by atoms with Gasteiger partial charge in [-0.25, -0.2) is 13.5 Å². The summed E-state index contributed by atoms with van der Waals surface area (Å²) in [6.07, 6.45) is 5.66. The zero-order valence-electron chi connectivity index (χ0n) is 16.7. The molecule has 144 valence electrons. The van der Waals surface area contributed by atoms with Gasteiger partial charge in [0.25, 0.3) is 0 Å². The molecule has 0 bridgehead atoms. The Morgan fingerprint density at radius 2 is 1.22 bits per heavy atom. The molecule has 2 aromatic carbocycles. The van der Waals surface area contributed by atoms with Crippen molar-refractivity contribution < 1.29 is 21.7 Å². The largest absolute Gasteiger partial charge is 2.00 e. The molecule has 0 amide bonds. The molecule has 1 unspecified atom stereocenters. The quantitative estimate of drug-likeness (QED) is 0.270. The summed E-state index contributed by atoms with van der Waals surface area (Å²) in [4.78, 5) is 0. The van der Waals surface area contributed by atoms with Crippen LogP contribution in [0.5, 0.6) is 0 Å². The van der Waals surface area contributed by atoms with Gasteiger partial charge in [0.05, 0.1) is 0 Å². The van der Waals surface area contributed by atoms with Crippen LogP contribution >= 0.6 is 32.7 Å². The summed E-state index contributed by atoms with van der Waals surface area (Å²) in [5, 5.41) is 2.84. The van der Waals surface area contributed by atoms with Gasteiger partial charge in [0.1, 0.15) is 0 Å². The van der Waals surface area contributed by atoms with Crippen molar-refractivity contribution in [2.24, 2.45) is 5.92 Å². The van der Waals surface area contributed by atoms with Crippen LogP contribution in [-0.4, -0.2) is 0 Å². The van der Waals surface area contributed by atoms with E-state index >= 15 is 0 Å². The average Bonchev–Trinajstić information content (AvgIpc) is 2.84.